The molecule has 6 rings (SSSR count). The fourth-order valence-electron chi connectivity index (χ4n) is 5.62. The Morgan fingerprint density at radius 1 is 1.08 bits per heavy atom. The van der Waals surface area contributed by atoms with Crippen molar-refractivity contribution in [2.45, 2.75) is 51.3 Å². The Kier molecular flexibility index (Phi) is 6.22. The van der Waals surface area contributed by atoms with E-state index in [1.165, 1.54) is 0 Å². The summed E-state index contributed by atoms with van der Waals surface area (Å²) in [6, 6.07) is 9.35. The molecule has 2 N–H and O–H groups in total. The van der Waals surface area contributed by atoms with Crippen molar-refractivity contribution in [3.8, 4) is 17.3 Å². The third-order valence-electron chi connectivity index (χ3n) is 7.70. The zero-order chi connectivity index (χ0) is 26.4. The highest BCUT2D eigenvalue weighted by Gasteiger charge is 2.31. The third kappa shape index (κ3) is 4.36. The number of aryl methyl sites for hydroxylation is 1. The molecule has 0 spiro atoms. The number of carbonyl (C=O) groups excluding carboxylic acids is 2. The van der Waals surface area contributed by atoms with E-state index in [1.807, 2.05) is 18.2 Å². The first-order valence-electron chi connectivity index (χ1n) is 13.1. The van der Waals surface area contributed by atoms with E-state index in [4.69, 9.17) is 4.74 Å². The molecule has 0 aliphatic carbocycles. The standard InChI is InChI=1S/C27H31N7O4/c1-16-6-7-24-30-31-25(34(16)24)21-4-3-5-23(28-21)29-26(36)20-12-18-14-32(10-8-17(18)13-22(20)38-2)27(37)33-11-9-19(35)15-33/h3-5,12-13,16,19,35H,6-11,14-15H2,1-2H3,(H,28,29,36)/t16-,19+/m0/s1. The number of fused-ring (bicyclic) bond motifs is 2. The van der Waals surface area contributed by atoms with Crippen LogP contribution < -0.4 is 10.1 Å². The van der Waals surface area contributed by atoms with E-state index in [0.29, 0.717) is 73.7 Å². The summed E-state index contributed by atoms with van der Waals surface area (Å²) in [5.74, 6) is 2.18. The van der Waals surface area contributed by atoms with Crippen molar-refractivity contribution in [3.05, 3.63) is 52.8 Å². The van der Waals surface area contributed by atoms with Gasteiger partial charge in [-0.15, -0.1) is 10.2 Å². The fraction of sp³-hybridized carbons (Fsp3) is 0.444. The van der Waals surface area contributed by atoms with E-state index in [1.54, 1.807) is 29.0 Å². The van der Waals surface area contributed by atoms with Gasteiger partial charge in [0.1, 0.15) is 23.1 Å². The number of pyridine rings is 1. The van der Waals surface area contributed by atoms with Crippen LogP contribution in [0.15, 0.2) is 30.3 Å². The average Bonchev–Trinajstić information content (AvgIpc) is 3.65. The first-order valence-corrected chi connectivity index (χ1v) is 13.1. The molecule has 0 saturated carbocycles. The summed E-state index contributed by atoms with van der Waals surface area (Å²) < 4.78 is 7.67. The summed E-state index contributed by atoms with van der Waals surface area (Å²) in [6.07, 6.45) is 2.73. The van der Waals surface area contributed by atoms with Gasteiger partial charge in [0.2, 0.25) is 0 Å². The number of hydrogen-bond donors (Lipinski definition) is 2. The van der Waals surface area contributed by atoms with Gasteiger partial charge in [0.05, 0.1) is 18.8 Å². The molecule has 5 heterocycles. The minimum Gasteiger partial charge on any atom is -0.496 e. The van der Waals surface area contributed by atoms with Crippen molar-refractivity contribution < 1.29 is 19.4 Å². The van der Waals surface area contributed by atoms with Gasteiger partial charge in [-0.1, -0.05) is 6.07 Å². The number of amides is 3. The lowest BCUT2D eigenvalue weighted by Crippen LogP contribution is -2.44. The summed E-state index contributed by atoms with van der Waals surface area (Å²) in [5, 5.41) is 21.4. The van der Waals surface area contributed by atoms with Crippen LogP contribution in [-0.2, 0) is 19.4 Å². The van der Waals surface area contributed by atoms with E-state index in [0.717, 1.165) is 29.8 Å². The zero-order valence-electron chi connectivity index (χ0n) is 21.6. The monoisotopic (exact) mass is 517 g/mol. The first-order chi connectivity index (χ1) is 18.4. The maximum Gasteiger partial charge on any atom is 0.320 e. The summed E-state index contributed by atoms with van der Waals surface area (Å²) in [6.45, 7) is 4.04. The lowest BCUT2D eigenvalue weighted by atomic mass is 9.96. The molecule has 2 aromatic heterocycles. The second kappa shape index (κ2) is 9.71. The van der Waals surface area contributed by atoms with Crippen LogP contribution in [0.2, 0.25) is 0 Å². The van der Waals surface area contributed by atoms with E-state index < -0.39 is 6.10 Å². The number of hydrogen-bond acceptors (Lipinski definition) is 7. The number of carbonyl (C=O) groups is 2. The molecule has 0 bridgehead atoms. The Bertz CT molecular complexity index is 1400. The molecule has 11 heteroatoms. The quantitative estimate of drug-likeness (QED) is 0.545. The molecule has 3 amide bonds. The predicted octanol–water partition coefficient (Wildman–Crippen LogP) is 2.65. The van der Waals surface area contributed by atoms with Crippen molar-refractivity contribution in [1.29, 1.82) is 0 Å². The highest BCUT2D eigenvalue weighted by atomic mass is 16.5. The second-order valence-corrected chi connectivity index (χ2v) is 10.2. The molecule has 38 heavy (non-hydrogen) atoms. The van der Waals surface area contributed by atoms with Crippen molar-refractivity contribution in [2.75, 3.05) is 32.1 Å². The lowest BCUT2D eigenvalue weighted by molar-refractivity contribution is 0.102. The molecule has 0 unspecified atom stereocenters. The van der Waals surface area contributed by atoms with Gasteiger partial charge in [0.15, 0.2) is 5.82 Å². The van der Waals surface area contributed by atoms with Gasteiger partial charge in [-0.2, -0.15) is 0 Å². The molecule has 3 aromatic rings. The molecule has 2 atom stereocenters. The highest BCUT2D eigenvalue weighted by Crippen LogP contribution is 2.31. The van der Waals surface area contributed by atoms with E-state index in [-0.39, 0.29) is 11.9 Å². The minimum atomic E-state index is -0.461. The van der Waals surface area contributed by atoms with Crippen LogP contribution in [0.5, 0.6) is 5.75 Å². The van der Waals surface area contributed by atoms with Crippen LogP contribution in [0.3, 0.4) is 0 Å². The molecule has 1 saturated heterocycles. The van der Waals surface area contributed by atoms with E-state index >= 15 is 0 Å². The number of β-amino-alcohol motifs (C(OH)–C–C–N with tert-alkyl or cyclic N) is 1. The number of benzene rings is 1. The summed E-state index contributed by atoms with van der Waals surface area (Å²) >= 11 is 0. The normalized spacial score (nSPS) is 20.3. The van der Waals surface area contributed by atoms with Crippen molar-refractivity contribution >= 4 is 17.8 Å². The van der Waals surface area contributed by atoms with Crippen LogP contribution in [-0.4, -0.2) is 79.4 Å². The van der Waals surface area contributed by atoms with Crippen LogP contribution in [0.1, 0.15) is 53.1 Å². The first kappa shape index (κ1) is 24.4. The van der Waals surface area contributed by atoms with Crippen molar-refractivity contribution in [1.82, 2.24) is 29.5 Å². The molecule has 1 fully saturated rings. The SMILES string of the molecule is COc1cc2c(cc1C(=O)Nc1cccc(-c3nnc4n3[C@@H](C)CC4)n1)CN(C(=O)N1CC[C@@H](O)C1)CC2. The maximum absolute atomic E-state index is 13.4. The van der Waals surface area contributed by atoms with Crippen LogP contribution >= 0.6 is 0 Å². The topological polar surface area (TPSA) is 126 Å². The number of rotatable bonds is 4. The fourth-order valence-corrected chi connectivity index (χ4v) is 5.62. The number of methoxy groups -OCH3 is 1. The van der Waals surface area contributed by atoms with Crippen LogP contribution in [0.4, 0.5) is 10.6 Å². The van der Waals surface area contributed by atoms with Gasteiger partial charge in [-0.25, -0.2) is 9.78 Å². The number of urea groups is 1. The number of aliphatic hydroxyl groups is 1. The minimum absolute atomic E-state index is 0.0793. The number of nitrogens with one attached hydrogen (secondary N) is 1. The summed E-state index contributed by atoms with van der Waals surface area (Å²) in [4.78, 5) is 34.5. The highest BCUT2D eigenvalue weighted by molar-refractivity contribution is 6.06. The predicted molar refractivity (Wildman–Crippen MR) is 139 cm³/mol. The smallest absolute Gasteiger partial charge is 0.320 e. The van der Waals surface area contributed by atoms with Crippen molar-refractivity contribution in [2.24, 2.45) is 0 Å². The average molecular weight is 518 g/mol. The van der Waals surface area contributed by atoms with Crippen LogP contribution in [0, 0.1) is 0 Å². The van der Waals surface area contributed by atoms with Gasteiger partial charge < -0.3 is 29.5 Å². The Hall–Kier alpha value is -3.99. The maximum atomic E-state index is 13.4. The second-order valence-electron chi connectivity index (χ2n) is 10.2. The van der Waals surface area contributed by atoms with Crippen LogP contribution in [0.25, 0.3) is 11.5 Å². The molecule has 198 valence electrons. The van der Waals surface area contributed by atoms with Gasteiger partial charge in [-0.05, 0) is 61.6 Å². The Morgan fingerprint density at radius 3 is 2.74 bits per heavy atom. The Balaban J connectivity index is 1.22. The van der Waals surface area contributed by atoms with Crippen molar-refractivity contribution in [3.63, 3.8) is 0 Å². The van der Waals surface area contributed by atoms with Gasteiger partial charge in [0.25, 0.3) is 5.91 Å². The number of aliphatic hydroxyl groups excluding tert-OH is 1. The number of nitrogens with zero attached hydrogens (tertiary/aromatic N) is 6. The molecular weight excluding hydrogens is 486 g/mol. The molecule has 3 aliphatic heterocycles. The molecule has 0 radical (unpaired) electrons. The van der Waals surface area contributed by atoms with Gasteiger partial charge >= 0.3 is 6.03 Å². The number of likely N-dealkylation sites (tertiary alicyclic amines) is 1. The van der Waals surface area contributed by atoms with Gasteiger partial charge in [-0.3, -0.25) is 4.79 Å². The largest absolute Gasteiger partial charge is 0.496 e. The summed E-state index contributed by atoms with van der Waals surface area (Å²) in [7, 11) is 1.54. The molecular formula is C27H31N7O4. The molecule has 11 nitrogen and oxygen atoms in total. The molecule has 1 aromatic carbocycles. The van der Waals surface area contributed by atoms with Gasteiger partial charge in [0, 0.05) is 38.6 Å². The van der Waals surface area contributed by atoms with E-state index in [2.05, 4.69) is 32.0 Å². The Morgan fingerprint density at radius 2 is 1.95 bits per heavy atom. The third-order valence-corrected chi connectivity index (χ3v) is 7.70. The summed E-state index contributed by atoms with van der Waals surface area (Å²) in [5.41, 5.74) is 2.99. The zero-order valence-corrected chi connectivity index (χ0v) is 21.6. The molecule has 3 aliphatic rings. The number of ether oxygens (including phenoxy) is 1. The number of aromatic nitrogens is 4. The number of anilines is 1. The lowest BCUT2D eigenvalue weighted by Gasteiger charge is -2.32. The Labute approximate surface area is 220 Å². The van der Waals surface area contributed by atoms with E-state index in [9.17, 15) is 14.7 Å².